The summed E-state index contributed by atoms with van der Waals surface area (Å²) < 4.78 is 14.6. The Morgan fingerprint density at radius 3 is 2.42 bits per heavy atom. The zero-order valence-corrected chi connectivity index (χ0v) is 13.2. The maximum absolute atomic E-state index is 14.6. The van der Waals surface area contributed by atoms with Gasteiger partial charge in [0, 0.05) is 11.1 Å². The van der Waals surface area contributed by atoms with E-state index in [9.17, 15) is 9.18 Å². The minimum absolute atomic E-state index is 0.365. The maximum Gasteiger partial charge on any atom is 0.248 e. The number of aromatic nitrogens is 4. The molecule has 1 heterocycles. The molecule has 122 valence electrons. The lowest BCUT2D eigenvalue weighted by Gasteiger charge is -2.21. The average molecular weight is 325 g/mol. The van der Waals surface area contributed by atoms with Crippen LogP contribution in [0.3, 0.4) is 0 Å². The van der Waals surface area contributed by atoms with Gasteiger partial charge in [-0.1, -0.05) is 29.5 Å². The molecule has 0 unspecified atom stereocenters. The monoisotopic (exact) mass is 325 g/mol. The van der Waals surface area contributed by atoms with Gasteiger partial charge in [-0.15, -0.1) is 10.2 Å². The summed E-state index contributed by atoms with van der Waals surface area (Å²) in [6.07, 6.45) is 0. The minimum atomic E-state index is -0.581. The lowest BCUT2D eigenvalue weighted by molar-refractivity contribution is 0.100. The molecule has 0 atom stereocenters. The van der Waals surface area contributed by atoms with E-state index in [1.54, 1.807) is 30.3 Å². The Bertz CT molecular complexity index is 873. The van der Waals surface area contributed by atoms with Crippen LogP contribution in [0.25, 0.3) is 11.1 Å². The smallest absolute Gasteiger partial charge is 0.248 e. The van der Waals surface area contributed by atoms with Crippen molar-refractivity contribution in [1.82, 2.24) is 20.6 Å². The highest BCUT2D eigenvalue weighted by Crippen LogP contribution is 2.32. The molecular formula is C17H16FN5O. The van der Waals surface area contributed by atoms with Crippen LogP contribution in [0.1, 0.15) is 35.6 Å². The summed E-state index contributed by atoms with van der Waals surface area (Å²) >= 11 is 0. The van der Waals surface area contributed by atoms with Crippen LogP contribution in [0.15, 0.2) is 42.5 Å². The van der Waals surface area contributed by atoms with E-state index in [4.69, 9.17) is 5.73 Å². The molecule has 6 nitrogen and oxygen atoms in total. The van der Waals surface area contributed by atoms with Crippen molar-refractivity contribution < 1.29 is 9.18 Å². The summed E-state index contributed by atoms with van der Waals surface area (Å²) in [5.41, 5.74) is 6.86. The molecule has 0 spiro atoms. The van der Waals surface area contributed by atoms with Gasteiger partial charge in [0.25, 0.3) is 0 Å². The lowest BCUT2D eigenvalue weighted by atomic mass is 9.83. The van der Waals surface area contributed by atoms with E-state index in [-0.39, 0.29) is 5.82 Å². The number of primary amides is 1. The van der Waals surface area contributed by atoms with E-state index in [0.717, 1.165) is 5.56 Å². The van der Waals surface area contributed by atoms with Crippen LogP contribution < -0.4 is 5.73 Å². The highest BCUT2D eigenvalue weighted by Gasteiger charge is 2.28. The number of nitrogens with one attached hydrogen (secondary N) is 1. The van der Waals surface area contributed by atoms with Crippen LogP contribution in [0, 0.1) is 5.82 Å². The van der Waals surface area contributed by atoms with Gasteiger partial charge in [-0.2, -0.15) is 5.21 Å². The predicted molar refractivity (Wildman–Crippen MR) is 86.7 cm³/mol. The van der Waals surface area contributed by atoms with Crippen molar-refractivity contribution in [1.29, 1.82) is 0 Å². The second kappa shape index (κ2) is 5.84. The summed E-state index contributed by atoms with van der Waals surface area (Å²) in [6.45, 7) is 3.79. The van der Waals surface area contributed by atoms with Crippen molar-refractivity contribution in [3.05, 3.63) is 65.2 Å². The number of rotatable bonds is 4. The first-order valence-electron chi connectivity index (χ1n) is 7.34. The van der Waals surface area contributed by atoms with Crippen molar-refractivity contribution in [2.75, 3.05) is 0 Å². The highest BCUT2D eigenvalue weighted by atomic mass is 19.1. The molecule has 0 bridgehead atoms. The van der Waals surface area contributed by atoms with Gasteiger partial charge in [-0.05, 0) is 43.2 Å². The second-order valence-electron chi connectivity index (χ2n) is 6.00. The third-order valence-electron chi connectivity index (χ3n) is 4.08. The molecule has 0 saturated heterocycles. The van der Waals surface area contributed by atoms with Crippen molar-refractivity contribution in [3.8, 4) is 11.1 Å². The number of halogens is 1. The summed E-state index contributed by atoms with van der Waals surface area (Å²) in [6, 6.07) is 11.5. The number of hydrogen-bond acceptors (Lipinski definition) is 4. The molecule has 0 aliphatic heterocycles. The third-order valence-corrected chi connectivity index (χ3v) is 4.08. The van der Waals surface area contributed by atoms with E-state index in [1.807, 2.05) is 19.9 Å². The van der Waals surface area contributed by atoms with E-state index in [1.165, 1.54) is 6.07 Å². The van der Waals surface area contributed by atoms with Crippen LogP contribution in [0.2, 0.25) is 0 Å². The van der Waals surface area contributed by atoms with E-state index in [2.05, 4.69) is 20.6 Å². The number of nitrogens with two attached hydrogens (primary N) is 1. The quantitative estimate of drug-likeness (QED) is 0.770. The predicted octanol–water partition coefficient (Wildman–Crippen LogP) is 2.43. The van der Waals surface area contributed by atoms with Gasteiger partial charge in [0.15, 0.2) is 5.82 Å². The fourth-order valence-electron chi connectivity index (χ4n) is 2.51. The zero-order valence-electron chi connectivity index (χ0n) is 13.2. The van der Waals surface area contributed by atoms with Crippen LogP contribution in [-0.2, 0) is 5.41 Å². The largest absolute Gasteiger partial charge is 0.366 e. The topological polar surface area (TPSA) is 97.5 Å². The number of carbonyl (C=O) groups is 1. The average Bonchev–Trinajstić information content (AvgIpc) is 3.10. The molecule has 2 aromatic carbocycles. The SMILES string of the molecule is CC(C)(c1ccc(-c2ccc(C(N)=O)cc2)c(F)c1)c1nn[nH]n1. The molecule has 0 radical (unpaired) electrons. The number of H-pyrrole nitrogens is 1. The van der Waals surface area contributed by atoms with Gasteiger partial charge in [0.1, 0.15) is 5.82 Å². The zero-order chi connectivity index (χ0) is 17.3. The molecule has 24 heavy (non-hydrogen) atoms. The number of benzene rings is 2. The van der Waals surface area contributed by atoms with Gasteiger partial charge in [0.2, 0.25) is 5.91 Å². The first kappa shape index (κ1) is 15.8. The molecule has 3 rings (SSSR count). The van der Waals surface area contributed by atoms with Crippen molar-refractivity contribution in [3.63, 3.8) is 0 Å². The van der Waals surface area contributed by atoms with E-state index < -0.39 is 11.3 Å². The third kappa shape index (κ3) is 2.76. The second-order valence-corrected chi connectivity index (χ2v) is 6.00. The first-order chi connectivity index (χ1) is 11.4. The Balaban J connectivity index is 1.97. The van der Waals surface area contributed by atoms with Crippen LogP contribution in [0.4, 0.5) is 4.39 Å². The molecule has 3 aromatic rings. The normalized spacial score (nSPS) is 11.5. The number of tetrazole rings is 1. The lowest BCUT2D eigenvalue weighted by Crippen LogP contribution is -2.21. The fraction of sp³-hybridized carbons (Fsp3) is 0.176. The molecule has 3 N–H and O–H groups in total. The van der Waals surface area contributed by atoms with Crippen LogP contribution in [-0.4, -0.2) is 26.5 Å². The molecule has 0 aliphatic rings. The summed E-state index contributed by atoms with van der Waals surface area (Å²) in [5, 5.41) is 13.9. The molecule has 7 heteroatoms. The number of carbonyl (C=O) groups excluding carboxylic acids is 1. The standard InChI is InChI=1S/C17H16FN5O/c1-17(2,16-20-22-23-21-16)12-7-8-13(14(18)9-12)10-3-5-11(6-4-10)15(19)24/h3-9H,1-2H3,(H2,19,24)(H,20,21,22,23). The van der Waals surface area contributed by atoms with Crippen LogP contribution in [0.5, 0.6) is 0 Å². The number of hydrogen-bond donors (Lipinski definition) is 2. The Morgan fingerprint density at radius 1 is 1.17 bits per heavy atom. The summed E-state index contributed by atoms with van der Waals surface area (Å²) in [4.78, 5) is 11.1. The van der Waals surface area contributed by atoms with E-state index >= 15 is 0 Å². The Labute approximate surface area is 137 Å². The van der Waals surface area contributed by atoms with Crippen molar-refractivity contribution in [2.24, 2.45) is 5.73 Å². The molecule has 0 fully saturated rings. The number of amides is 1. The van der Waals surface area contributed by atoms with Gasteiger partial charge in [-0.3, -0.25) is 4.79 Å². The summed E-state index contributed by atoms with van der Waals surface area (Å²) in [7, 11) is 0. The van der Waals surface area contributed by atoms with Crippen molar-refractivity contribution in [2.45, 2.75) is 19.3 Å². The molecule has 0 saturated carbocycles. The summed E-state index contributed by atoms with van der Waals surface area (Å²) in [5.74, 6) is -0.393. The Morgan fingerprint density at radius 2 is 1.88 bits per heavy atom. The fourth-order valence-corrected chi connectivity index (χ4v) is 2.51. The molecule has 1 aromatic heterocycles. The van der Waals surface area contributed by atoms with Gasteiger partial charge in [0.05, 0.1) is 5.41 Å². The number of nitrogens with zero attached hydrogens (tertiary/aromatic N) is 3. The van der Waals surface area contributed by atoms with Gasteiger partial charge in [-0.25, -0.2) is 4.39 Å². The molecular weight excluding hydrogens is 309 g/mol. The van der Waals surface area contributed by atoms with Gasteiger partial charge >= 0.3 is 0 Å². The van der Waals surface area contributed by atoms with Crippen LogP contribution >= 0.6 is 0 Å². The maximum atomic E-state index is 14.6. The molecule has 0 aliphatic carbocycles. The van der Waals surface area contributed by atoms with Crippen molar-refractivity contribution >= 4 is 5.91 Å². The first-order valence-corrected chi connectivity index (χ1v) is 7.34. The number of aromatic amines is 1. The Hall–Kier alpha value is -3.09. The van der Waals surface area contributed by atoms with Gasteiger partial charge < -0.3 is 5.73 Å². The Kier molecular flexibility index (Phi) is 3.84. The highest BCUT2D eigenvalue weighted by molar-refractivity contribution is 5.93. The van der Waals surface area contributed by atoms with E-state index in [0.29, 0.717) is 22.5 Å². The molecule has 1 amide bonds. The minimum Gasteiger partial charge on any atom is -0.366 e.